The number of halogens is 1. The van der Waals surface area contributed by atoms with Crippen molar-refractivity contribution in [2.24, 2.45) is 0 Å². The van der Waals surface area contributed by atoms with Gasteiger partial charge in [-0.25, -0.2) is 13.1 Å². The minimum Gasteiger partial charge on any atom is -0.396 e. The molecule has 102 valence electrons. The normalized spacial score (nSPS) is 12.7. The molecule has 1 aromatic carbocycles. The molecule has 0 bridgehead atoms. The fraction of sp³-hybridized carbons (Fsp3) is 0.500. The lowest BCUT2D eigenvalue weighted by molar-refractivity contribution is 0.298. The monoisotopic (exact) mass is 335 g/mol. The molecular formula is C12H18BrNO3S. The Balaban J connectivity index is 3.28. The predicted molar refractivity (Wildman–Crippen MR) is 75.0 cm³/mol. The van der Waals surface area contributed by atoms with Gasteiger partial charge in [-0.3, -0.25) is 0 Å². The second-order valence-corrected chi connectivity index (χ2v) is 7.55. The standard InChI is InChI=1S/C12H18BrNO3S/c1-12(2,3)14-18(16,17)11-6-4-5-10(13)9(11)7-8-15/h4-6,14-15H,7-8H2,1-3H3. The number of rotatable bonds is 4. The van der Waals surface area contributed by atoms with Gasteiger partial charge in [0.05, 0.1) is 4.90 Å². The van der Waals surface area contributed by atoms with Gasteiger partial charge in [-0.15, -0.1) is 0 Å². The molecule has 18 heavy (non-hydrogen) atoms. The van der Waals surface area contributed by atoms with Gasteiger partial charge >= 0.3 is 0 Å². The van der Waals surface area contributed by atoms with Gasteiger partial charge in [-0.05, 0) is 44.9 Å². The summed E-state index contributed by atoms with van der Waals surface area (Å²) in [6.45, 7) is 5.26. The Bertz CT molecular complexity index is 521. The number of hydrogen-bond acceptors (Lipinski definition) is 3. The number of hydrogen-bond donors (Lipinski definition) is 2. The first kappa shape index (κ1) is 15.6. The van der Waals surface area contributed by atoms with Crippen molar-refractivity contribution in [3.63, 3.8) is 0 Å². The molecule has 0 atom stereocenters. The molecule has 0 heterocycles. The highest BCUT2D eigenvalue weighted by Crippen LogP contribution is 2.25. The van der Waals surface area contributed by atoms with Crippen molar-refractivity contribution >= 4 is 26.0 Å². The topological polar surface area (TPSA) is 66.4 Å². The summed E-state index contributed by atoms with van der Waals surface area (Å²) >= 11 is 3.32. The lowest BCUT2D eigenvalue weighted by Crippen LogP contribution is -2.40. The van der Waals surface area contributed by atoms with Gasteiger partial charge in [-0.1, -0.05) is 22.0 Å². The maximum atomic E-state index is 12.3. The van der Waals surface area contributed by atoms with Crippen LogP contribution in [0.5, 0.6) is 0 Å². The van der Waals surface area contributed by atoms with Gasteiger partial charge in [0.15, 0.2) is 0 Å². The van der Waals surface area contributed by atoms with E-state index in [1.165, 1.54) is 0 Å². The average molecular weight is 336 g/mol. The molecule has 0 amide bonds. The highest BCUT2D eigenvalue weighted by atomic mass is 79.9. The van der Waals surface area contributed by atoms with Crippen LogP contribution in [0.1, 0.15) is 26.3 Å². The minimum atomic E-state index is -3.58. The second kappa shape index (κ2) is 5.69. The van der Waals surface area contributed by atoms with Crippen LogP contribution in [0.2, 0.25) is 0 Å². The first-order valence-corrected chi connectivity index (χ1v) is 7.87. The van der Waals surface area contributed by atoms with Crippen LogP contribution in [-0.4, -0.2) is 25.7 Å². The van der Waals surface area contributed by atoms with Crippen molar-refractivity contribution in [1.29, 1.82) is 0 Å². The van der Waals surface area contributed by atoms with Crippen LogP contribution in [0, 0.1) is 0 Å². The lowest BCUT2D eigenvalue weighted by atomic mass is 10.1. The van der Waals surface area contributed by atoms with Crippen LogP contribution in [0.15, 0.2) is 27.6 Å². The van der Waals surface area contributed by atoms with Crippen molar-refractivity contribution in [3.8, 4) is 0 Å². The Morgan fingerprint density at radius 1 is 1.33 bits per heavy atom. The molecule has 0 aliphatic heterocycles. The zero-order valence-electron chi connectivity index (χ0n) is 10.7. The molecule has 0 spiro atoms. The summed E-state index contributed by atoms with van der Waals surface area (Å²) in [4.78, 5) is 0.209. The molecule has 0 fully saturated rings. The third kappa shape index (κ3) is 4.05. The Labute approximate surface area is 117 Å². The molecule has 1 aromatic rings. The van der Waals surface area contributed by atoms with Crippen LogP contribution in [-0.2, 0) is 16.4 Å². The smallest absolute Gasteiger partial charge is 0.241 e. The number of aliphatic hydroxyl groups is 1. The molecular weight excluding hydrogens is 318 g/mol. The number of sulfonamides is 1. The second-order valence-electron chi connectivity index (χ2n) is 5.05. The third-order valence-corrected chi connectivity index (χ3v) is 4.75. The van der Waals surface area contributed by atoms with E-state index in [0.29, 0.717) is 16.5 Å². The highest BCUT2D eigenvalue weighted by Gasteiger charge is 2.25. The van der Waals surface area contributed by atoms with Crippen molar-refractivity contribution in [1.82, 2.24) is 4.72 Å². The quantitative estimate of drug-likeness (QED) is 0.885. The Hall–Kier alpha value is -0.430. The van der Waals surface area contributed by atoms with E-state index in [-0.39, 0.29) is 11.5 Å². The van der Waals surface area contributed by atoms with E-state index in [1.807, 2.05) is 0 Å². The van der Waals surface area contributed by atoms with E-state index in [9.17, 15) is 8.42 Å². The summed E-state index contributed by atoms with van der Waals surface area (Å²) in [7, 11) is -3.58. The summed E-state index contributed by atoms with van der Waals surface area (Å²) in [5.74, 6) is 0. The summed E-state index contributed by atoms with van der Waals surface area (Å²) in [5, 5.41) is 9.03. The van der Waals surface area contributed by atoms with E-state index < -0.39 is 15.6 Å². The molecule has 0 radical (unpaired) electrons. The van der Waals surface area contributed by atoms with Gasteiger partial charge in [0.2, 0.25) is 10.0 Å². The highest BCUT2D eigenvalue weighted by molar-refractivity contribution is 9.10. The van der Waals surface area contributed by atoms with Gasteiger partial charge in [0.1, 0.15) is 0 Å². The molecule has 6 heteroatoms. The molecule has 0 saturated carbocycles. The predicted octanol–water partition coefficient (Wildman–Crippen LogP) is 2.06. The van der Waals surface area contributed by atoms with E-state index in [2.05, 4.69) is 20.7 Å². The van der Waals surface area contributed by atoms with Gasteiger partial charge in [-0.2, -0.15) is 0 Å². The maximum Gasteiger partial charge on any atom is 0.241 e. The van der Waals surface area contributed by atoms with Crippen LogP contribution < -0.4 is 4.72 Å². The van der Waals surface area contributed by atoms with Crippen LogP contribution in [0.3, 0.4) is 0 Å². The first-order valence-electron chi connectivity index (χ1n) is 5.59. The SMILES string of the molecule is CC(C)(C)NS(=O)(=O)c1cccc(Br)c1CCO. The maximum absolute atomic E-state index is 12.3. The zero-order chi connectivity index (χ0) is 14.0. The molecule has 0 aromatic heterocycles. The van der Waals surface area contributed by atoms with Crippen molar-refractivity contribution in [3.05, 3.63) is 28.2 Å². The van der Waals surface area contributed by atoms with E-state index in [0.717, 1.165) is 0 Å². The molecule has 0 saturated heterocycles. The van der Waals surface area contributed by atoms with Gasteiger partial charge in [0, 0.05) is 16.6 Å². The van der Waals surface area contributed by atoms with E-state index in [4.69, 9.17) is 5.11 Å². The van der Waals surface area contributed by atoms with E-state index in [1.54, 1.807) is 39.0 Å². The minimum absolute atomic E-state index is 0.0966. The molecule has 0 unspecified atom stereocenters. The number of benzene rings is 1. The Morgan fingerprint density at radius 2 is 1.94 bits per heavy atom. The summed E-state index contributed by atoms with van der Waals surface area (Å²) in [6.07, 6.45) is 0.293. The van der Waals surface area contributed by atoms with Crippen LogP contribution >= 0.6 is 15.9 Å². The molecule has 2 N–H and O–H groups in total. The fourth-order valence-corrected chi connectivity index (χ4v) is 4.01. The van der Waals surface area contributed by atoms with Crippen molar-refractivity contribution < 1.29 is 13.5 Å². The Morgan fingerprint density at radius 3 is 2.44 bits per heavy atom. The molecule has 0 aliphatic rings. The summed E-state index contributed by atoms with van der Waals surface area (Å²) in [6, 6.07) is 4.98. The number of nitrogens with one attached hydrogen (secondary N) is 1. The van der Waals surface area contributed by atoms with Crippen molar-refractivity contribution in [2.75, 3.05) is 6.61 Å². The molecule has 0 aliphatic carbocycles. The lowest BCUT2D eigenvalue weighted by Gasteiger charge is -2.21. The van der Waals surface area contributed by atoms with E-state index >= 15 is 0 Å². The fourth-order valence-electron chi connectivity index (χ4n) is 1.60. The largest absolute Gasteiger partial charge is 0.396 e. The summed E-state index contributed by atoms with van der Waals surface area (Å²) < 4.78 is 27.9. The summed E-state index contributed by atoms with van der Waals surface area (Å²) in [5.41, 5.74) is 0.0502. The van der Waals surface area contributed by atoms with Crippen LogP contribution in [0.25, 0.3) is 0 Å². The van der Waals surface area contributed by atoms with Crippen LogP contribution in [0.4, 0.5) is 0 Å². The Kier molecular flexibility index (Phi) is 4.94. The third-order valence-electron chi connectivity index (χ3n) is 2.17. The van der Waals surface area contributed by atoms with Gasteiger partial charge < -0.3 is 5.11 Å². The first-order chi connectivity index (χ1) is 8.17. The molecule has 4 nitrogen and oxygen atoms in total. The zero-order valence-corrected chi connectivity index (χ0v) is 13.1. The van der Waals surface area contributed by atoms with Gasteiger partial charge in [0.25, 0.3) is 0 Å². The number of aliphatic hydroxyl groups excluding tert-OH is 1. The average Bonchev–Trinajstić information content (AvgIpc) is 2.17. The molecule has 1 rings (SSSR count). The van der Waals surface area contributed by atoms with Crippen molar-refractivity contribution in [2.45, 2.75) is 37.6 Å².